The van der Waals surface area contributed by atoms with Gasteiger partial charge in [0.1, 0.15) is 11.5 Å². The Morgan fingerprint density at radius 2 is 1.72 bits per heavy atom. The van der Waals surface area contributed by atoms with E-state index in [-0.39, 0.29) is 11.3 Å². The van der Waals surface area contributed by atoms with E-state index < -0.39 is 0 Å². The van der Waals surface area contributed by atoms with Crippen molar-refractivity contribution in [2.45, 2.75) is 57.0 Å². The molecule has 1 unspecified atom stereocenters. The lowest BCUT2D eigenvalue weighted by molar-refractivity contribution is 0.0606. The normalized spacial score (nSPS) is 18.3. The van der Waals surface area contributed by atoms with E-state index in [1.165, 1.54) is 0 Å². The quantitative estimate of drug-likeness (QED) is 0.135. The highest BCUT2D eigenvalue weighted by atomic mass is 35.5. The fraction of sp³-hybridized carbons (Fsp3) is 0.415. The van der Waals surface area contributed by atoms with Crippen molar-refractivity contribution in [3.8, 4) is 17.2 Å². The molecule has 2 fully saturated rings. The molecule has 0 aliphatic carbocycles. The largest absolute Gasteiger partial charge is 0.493 e. The van der Waals surface area contributed by atoms with Crippen molar-refractivity contribution in [3.05, 3.63) is 99.4 Å². The average molecular weight is 761 g/mol. The van der Waals surface area contributed by atoms with Gasteiger partial charge >= 0.3 is 0 Å². The number of ether oxygens (including phenoxy) is 3. The van der Waals surface area contributed by atoms with Gasteiger partial charge in [0.2, 0.25) is 11.7 Å². The number of nitrogens with zero attached hydrogens (tertiary/aromatic N) is 4. The third kappa shape index (κ3) is 7.81. The van der Waals surface area contributed by atoms with Gasteiger partial charge < -0.3 is 38.3 Å². The number of aryl methyl sites for hydroxylation is 1. The van der Waals surface area contributed by atoms with Crippen LogP contribution in [-0.4, -0.2) is 85.8 Å². The molecule has 53 heavy (non-hydrogen) atoms. The van der Waals surface area contributed by atoms with Gasteiger partial charge in [0.15, 0.2) is 11.5 Å². The number of halogens is 2. The summed E-state index contributed by atoms with van der Waals surface area (Å²) >= 11 is 13.0. The number of aromatic amines is 1. The Morgan fingerprint density at radius 3 is 2.38 bits per heavy atom. The number of H-pyrrole nitrogens is 1. The maximum Gasteiger partial charge on any atom is 0.254 e. The number of hydrogen-bond acceptors (Lipinski definition) is 8. The number of rotatable bonds is 12. The molecule has 2 aromatic heterocycles. The number of imidazole rings is 1. The predicted molar refractivity (Wildman–Crippen MR) is 209 cm³/mol. The molecule has 12 heteroatoms. The number of piperidine rings is 2. The van der Waals surface area contributed by atoms with Crippen LogP contribution < -0.4 is 19.1 Å². The fourth-order valence-electron chi connectivity index (χ4n) is 8.12. The van der Waals surface area contributed by atoms with Crippen LogP contribution in [0.4, 0.5) is 5.95 Å². The van der Waals surface area contributed by atoms with E-state index in [0.717, 1.165) is 85.8 Å². The molecule has 2 saturated heterocycles. The molecule has 0 saturated carbocycles. The van der Waals surface area contributed by atoms with Crippen LogP contribution in [0.3, 0.4) is 0 Å². The number of carbonyl (C=O) groups excluding carboxylic acids is 1. The number of benzene rings is 3. The number of anilines is 1. The van der Waals surface area contributed by atoms with E-state index in [1.807, 2.05) is 48.2 Å². The summed E-state index contributed by atoms with van der Waals surface area (Å²) in [5, 5.41) is 1.04. The number of para-hydroxylation sites is 2. The molecule has 1 N–H and O–H groups in total. The number of amides is 1. The van der Waals surface area contributed by atoms with Gasteiger partial charge in [-0.1, -0.05) is 41.4 Å². The van der Waals surface area contributed by atoms with Crippen molar-refractivity contribution in [3.63, 3.8) is 0 Å². The van der Waals surface area contributed by atoms with Crippen molar-refractivity contribution in [1.29, 1.82) is 0 Å². The molecule has 0 spiro atoms. The molecule has 2 aliphatic heterocycles. The Morgan fingerprint density at radius 1 is 0.962 bits per heavy atom. The number of hydrogen-bond donors (Lipinski definition) is 1. The van der Waals surface area contributed by atoms with E-state index in [1.54, 1.807) is 33.5 Å². The van der Waals surface area contributed by atoms with Crippen molar-refractivity contribution in [1.82, 2.24) is 19.8 Å². The third-order valence-electron chi connectivity index (χ3n) is 11.0. The zero-order valence-corrected chi connectivity index (χ0v) is 32.3. The van der Waals surface area contributed by atoms with Crippen molar-refractivity contribution in [2.75, 3.05) is 59.0 Å². The van der Waals surface area contributed by atoms with Crippen molar-refractivity contribution >= 4 is 46.1 Å². The van der Waals surface area contributed by atoms with Crippen LogP contribution in [0.5, 0.6) is 17.2 Å². The Kier molecular flexibility index (Phi) is 11.1. The highest BCUT2D eigenvalue weighted by molar-refractivity contribution is 6.42. The molecule has 0 bridgehead atoms. The minimum atomic E-state index is -0.308. The van der Waals surface area contributed by atoms with Gasteiger partial charge in [-0.25, -0.2) is 4.98 Å². The molecular formula is C41H47Cl2N5O5. The van der Waals surface area contributed by atoms with Crippen LogP contribution in [0.2, 0.25) is 10.0 Å². The van der Waals surface area contributed by atoms with E-state index in [0.29, 0.717) is 58.5 Å². The number of aromatic nitrogens is 2. The van der Waals surface area contributed by atoms with E-state index in [2.05, 4.69) is 33.0 Å². The first-order valence-corrected chi connectivity index (χ1v) is 19.0. The second-order valence-electron chi connectivity index (χ2n) is 14.2. The van der Waals surface area contributed by atoms with Crippen molar-refractivity contribution in [2.24, 2.45) is 0 Å². The van der Waals surface area contributed by atoms with Crippen LogP contribution >= 0.6 is 23.2 Å². The summed E-state index contributed by atoms with van der Waals surface area (Å²) < 4.78 is 22.7. The number of nitrogens with one attached hydrogen (secondary N) is 1. The molecule has 1 amide bonds. The van der Waals surface area contributed by atoms with E-state index >= 15 is 0 Å². The first kappa shape index (κ1) is 37.0. The Hall–Kier alpha value is -4.38. The predicted octanol–water partition coefficient (Wildman–Crippen LogP) is 8.53. The summed E-state index contributed by atoms with van der Waals surface area (Å²) in [6.45, 7) is 6.62. The molecule has 0 radical (unpaired) electrons. The standard InChI is InChI=1S/C41H47Cl2N5O5/c1-27-10-12-31(53-27)25-48(40-44-34-8-5-6-9-35(34)45-40)30-14-19-46(20-15-30)21-17-41(29-11-13-32(42)33(43)24-29)16-7-18-47(26-41)39(49)28-22-36(50-2)38(52-4)37(23-28)51-3/h5-6,8-13,22-24,30H,7,14-21,25-26H2,1-4H3,(H,44,45). The fourth-order valence-corrected chi connectivity index (χ4v) is 8.42. The van der Waals surface area contributed by atoms with Gasteiger partial charge in [-0.05, 0) is 99.7 Å². The summed E-state index contributed by atoms with van der Waals surface area (Å²) in [5.74, 6) is 3.98. The average Bonchev–Trinajstić information content (AvgIpc) is 3.82. The lowest BCUT2D eigenvalue weighted by atomic mass is 9.71. The second-order valence-corrected chi connectivity index (χ2v) is 15.0. The van der Waals surface area contributed by atoms with Crippen LogP contribution in [0.25, 0.3) is 11.0 Å². The minimum Gasteiger partial charge on any atom is -0.493 e. The smallest absolute Gasteiger partial charge is 0.254 e. The first-order chi connectivity index (χ1) is 25.7. The highest BCUT2D eigenvalue weighted by Crippen LogP contribution is 2.42. The minimum absolute atomic E-state index is 0.0772. The van der Waals surface area contributed by atoms with E-state index in [4.69, 9.17) is 46.8 Å². The Labute approximate surface area is 320 Å². The maximum atomic E-state index is 14.2. The number of carbonyl (C=O) groups is 1. The zero-order valence-electron chi connectivity index (χ0n) is 30.8. The Balaban J connectivity index is 1.09. The van der Waals surface area contributed by atoms with E-state index in [9.17, 15) is 4.79 Å². The Bertz CT molecular complexity index is 2000. The molecule has 5 aromatic rings. The van der Waals surface area contributed by atoms with Gasteiger partial charge in [-0.15, -0.1) is 0 Å². The molecule has 7 rings (SSSR count). The van der Waals surface area contributed by atoms with Gasteiger partial charge in [-0.3, -0.25) is 4.79 Å². The van der Waals surface area contributed by atoms with Crippen molar-refractivity contribution < 1.29 is 23.4 Å². The van der Waals surface area contributed by atoms with Gasteiger partial charge in [0, 0.05) is 43.2 Å². The number of furan rings is 1. The highest BCUT2D eigenvalue weighted by Gasteiger charge is 2.40. The number of methoxy groups -OCH3 is 3. The van der Waals surface area contributed by atoms with Crippen LogP contribution in [0.15, 0.2) is 71.1 Å². The monoisotopic (exact) mass is 759 g/mol. The molecule has 4 heterocycles. The summed E-state index contributed by atoms with van der Waals surface area (Å²) in [6, 6.07) is 21.9. The molecule has 3 aromatic carbocycles. The molecule has 2 aliphatic rings. The summed E-state index contributed by atoms with van der Waals surface area (Å²) in [5.41, 5.74) is 3.27. The zero-order chi connectivity index (χ0) is 37.1. The van der Waals surface area contributed by atoms with Gasteiger partial charge in [0.25, 0.3) is 5.91 Å². The molecule has 1 atom stereocenters. The number of fused-ring (bicyclic) bond motifs is 1. The molecule has 280 valence electrons. The van der Waals surface area contributed by atoms with Gasteiger partial charge in [0.05, 0.1) is 49.0 Å². The molecular weight excluding hydrogens is 713 g/mol. The second kappa shape index (κ2) is 15.9. The SMILES string of the molecule is COc1cc(C(=O)N2CCCC(CCN3CCC(N(Cc4ccc(C)o4)c4nc5ccccc5[nH]4)CC3)(c3ccc(Cl)c(Cl)c3)C2)cc(OC)c1OC. The third-order valence-corrected chi connectivity index (χ3v) is 11.7. The lowest BCUT2D eigenvalue weighted by Crippen LogP contribution is -2.51. The lowest BCUT2D eigenvalue weighted by Gasteiger charge is -2.45. The topological polar surface area (TPSA) is 96.3 Å². The number of likely N-dealkylation sites (tertiary alicyclic amines) is 2. The van der Waals surface area contributed by atoms with Crippen LogP contribution in [0.1, 0.15) is 59.5 Å². The summed E-state index contributed by atoms with van der Waals surface area (Å²) in [4.78, 5) is 29.6. The first-order valence-electron chi connectivity index (χ1n) is 18.2. The van der Waals surface area contributed by atoms with Crippen LogP contribution in [-0.2, 0) is 12.0 Å². The van der Waals surface area contributed by atoms with Crippen LogP contribution in [0, 0.1) is 6.92 Å². The summed E-state index contributed by atoms with van der Waals surface area (Å²) in [6.07, 6.45) is 4.64. The summed E-state index contributed by atoms with van der Waals surface area (Å²) in [7, 11) is 4.67. The maximum absolute atomic E-state index is 14.2. The molecule has 10 nitrogen and oxygen atoms in total. The van der Waals surface area contributed by atoms with Gasteiger partial charge in [-0.2, -0.15) is 0 Å².